The maximum atomic E-state index is 3.99. The summed E-state index contributed by atoms with van der Waals surface area (Å²) in [5, 5.41) is 7.79. The lowest BCUT2D eigenvalue weighted by Gasteiger charge is -2.40. The molecule has 166 valence electrons. The Kier molecular flexibility index (Phi) is 7.34. The second-order valence-electron chi connectivity index (χ2n) is 12.8. The third kappa shape index (κ3) is 7.27. The fourth-order valence-corrected chi connectivity index (χ4v) is 4.93. The normalized spacial score (nSPS) is 26.4. The lowest BCUT2D eigenvalue weighted by atomic mass is 9.87. The zero-order chi connectivity index (χ0) is 21.4. The zero-order valence-corrected chi connectivity index (χ0v) is 20.7. The van der Waals surface area contributed by atoms with Crippen LogP contribution in [0.3, 0.4) is 0 Å². The minimum absolute atomic E-state index is 0.193. The van der Waals surface area contributed by atoms with Crippen LogP contribution in [0.1, 0.15) is 94.9 Å². The molecule has 28 heavy (non-hydrogen) atoms. The summed E-state index contributed by atoms with van der Waals surface area (Å²) in [5.74, 6) is 0. The van der Waals surface area contributed by atoms with Gasteiger partial charge in [-0.3, -0.25) is 9.80 Å². The van der Waals surface area contributed by atoms with E-state index in [2.05, 4.69) is 89.7 Å². The lowest BCUT2D eigenvalue weighted by Crippen LogP contribution is -2.51. The molecule has 2 N–H and O–H groups in total. The van der Waals surface area contributed by atoms with E-state index < -0.39 is 0 Å². The summed E-state index contributed by atoms with van der Waals surface area (Å²) in [6.45, 7) is 28.3. The maximum absolute atomic E-state index is 3.99. The van der Waals surface area contributed by atoms with Gasteiger partial charge >= 0.3 is 0 Å². The fourth-order valence-electron chi connectivity index (χ4n) is 4.93. The number of hydrogen-bond donors (Lipinski definition) is 2. The highest BCUT2D eigenvalue weighted by atomic mass is 15.3. The summed E-state index contributed by atoms with van der Waals surface area (Å²) < 4.78 is 0. The Bertz CT molecular complexity index is 498. The average Bonchev–Trinajstić information content (AvgIpc) is 3.12. The van der Waals surface area contributed by atoms with Gasteiger partial charge in [-0.1, -0.05) is 0 Å². The molecule has 0 unspecified atom stereocenters. The highest BCUT2D eigenvalue weighted by Gasteiger charge is 2.37. The molecule has 2 rings (SSSR count). The molecule has 0 aromatic heterocycles. The predicted molar refractivity (Wildman–Crippen MR) is 123 cm³/mol. The summed E-state index contributed by atoms with van der Waals surface area (Å²) in [7, 11) is 0. The van der Waals surface area contributed by atoms with Crippen molar-refractivity contribution < 1.29 is 0 Å². The molecule has 2 saturated heterocycles. The van der Waals surface area contributed by atoms with Crippen LogP contribution in [-0.2, 0) is 0 Å². The molecule has 4 nitrogen and oxygen atoms in total. The Morgan fingerprint density at radius 2 is 1.18 bits per heavy atom. The fraction of sp³-hybridized carbons (Fsp3) is 1.00. The number of likely N-dealkylation sites (tertiary alicyclic amines) is 2. The van der Waals surface area contributed by atoms with Crippen molar-refractivity contribution in [3.05, 3.63) is 0 Å². The van der Waals surface area contributed by atoms with Crippen LogP contribution in [0, 0.1) is 0 Å². The molecule has 2 heterocycles. The topological polar surface area (TPSA) is 30.5 Å². The van der Waals surface area contributed by atoms with E-state index in [4.69, 9.17) is 0 Å². The van der Waals surface area contributed by atoms with Gasteiger partial charge in [-0.25, -0.2) is 0 Å². The standard InChI is InChI=1S/C24H50N4/c1-21(2,3)25-19-12-16-28(18-19)24(9,10)14-13-23(7,8)26-20-11-15-27(17-20)22(4,5)6/h19-20,25-26H,11-18H2,1-10H3/t19-,20+/m0/s1. The van der Waals surface area contributed by atoms with Gasteiger partial charge in [-0.2, -0.15) is 0 Å². The van der Waals surface area contributed by atoms with Gasteiger partial charge in [0.25, 0.3) is 0 Å². The Morgan fingerprint density at radius 1 is 0.679 bits per heavy atom. The van der Waals surface area contributed by atoms with Gasteiger partial charge in [-0.15, -0.1) is 0 Å². The maximum Gasteiger partial charge on any atom is 0.0212 e. The van der Waals surface area contributed by atoms with Crippen LogP contribution in [0.15, 0.2) is 0 Å². The van der Waals surface area contributed by atoms with Crippen molar-refractivity contribution >= 4 is 0 Å². The Morgan fingerprint density at radius 3 is 1.68 bits per heavy atom. The van der Waals surface area contributed by atoms with E-state index in [1.807, 2.05) is 0 Å². The first-order valence-corrected chi connectivity index (χ1v) is 11.6. The molecular formula is C24H50N4. The molecule has 0 aromatic carbocycles. The number of hydrogen-bond acceptors (Lipinski definition) is 4. The van der Waals surface area contributed by atoms with Crippen LogP contribution in [0.2, 0.25) is 0 Å². The van der Waals surface area contributed by atoms with Crippen LogP contribution in [0.4, 0.5) is 0 Å². The summed E-state index contributed by atoms with van der Waals surface area (Å²) in [6, 6.07) is 1.26. The summed E-state index contributed by atoms with van der Waals surface area (Å²) in [4.78, 5) is 5.33. The van der Waals surface area contributed by atoms with Gasteiger partial charge < -0.3 is 10.6 Å². The summed E-state index contributed by atoms with van der Waals surface area (Å²) in [6.07, 6.45) is 5.01. The van der Waals surface area contributed by atoms with Crippen LogP contribution >= 0.6 is 0 Å². The van der Waals surface area contributed by atoms with Crippen molar-refractivity contribution in [2.24, 2.45) is 0 Å². The van der Waals surface area contributed by atoms with Crippen molar-refractivity contribution in [2.45, 2.75) is 129 Å². The van der Waals surface area contributed by atoms with E-state index in [0.717, 1.165) is 0 Å². The first-order chi connectivity index (χ1) is 12.6. The minimum atomic E-state index is 0.193. The first kappa shape index (κ1) is 24.1. The molecule has 0 saturated carbocycles. The number of nitrogens with zero attached hydrogens (tertiary/aromatic N) is 2. The predicted octanol–water partition coefficient (Wildman–Crippen LogP) is 4.25. The van der Waals surface area contributed by atoms with Crippen LogP contribution < -0.4 is 10.6 Å². The van der Waals surface area contributed by atoms with Gasteiger partial charge in [0.15, 0.2) is 0 Å². The Balaban J connectivity index is 1.81. The zero-order valence-electron chi connectivity index (χ0n) is 20.7. The van der Waals surface area contributed by atoms with Crippen molar-refractivity contribution in [2.75, 3.05) is 26.2 Å². The van der Waals surface area contributed by atoms with E-state index in [0.29, 0.717) is 12.1 Å². The quantitative estimate of drug-likeness (QED) is 0.676. The van der Waals surface area contributed by atoms with Crippen LogP contribution in [0.25, 0.3) is 0 Å². The second kappa shape index (κ2) is 8.53. The third-order valence-corrected chi connectivity index (χ3v) is 6.78. The molecule has 0 radical (unpaired) electrons. The molecule has 0 aromatic rings. The second-order valence-corrected chi connectivity index (χ2v) is 12.8. The molecule has 4 heteroatoms. The lowest BCUT2D eigenvalue weighted by molar-refractivity contribution is 0.122. The first-order valence-electron chi connectivity index (χ1n) is 11.6. The van der Waals surface area contributed by atoms with Gasteiger partial charge in [0.05, 0.1) is 0 Å². The molecule has 2 fully saturated rings. The molecule has 2 aliphatic heterocycles. The van der Waals surface area contributed by atoms with E-state index in [-0.39, 0.29) is 22.2 Å². The summed E-state index contributed by atoms with van der Waals surface area (Å²) >= 11 is 0. The molecule has 0 bridgehead atoms. The van der Waals surface area contributed by atoms with E-state index >= 15 is 0 Å². The van der Waals surface area contributed by atoms with Gasteiger partial charge in [0, 0.05) is 60.4 Å². The molecule has 2 aliphatic rings. The van der Waals surface area contributed by atoms with E-state index in [9.17, 15) is 0 Å². The Hall–Kier alpha value is -0.160. The van der Waals surface area contributed by atoms with Gasteiger partial charge in [0.2, 0.25) is 0 Å². The molecule has 2 atom stereocenters. The SMILES string of the molecule is CC(C)(C)N[C@H]1CCN(C(C)(C)CCC(C)(C)N[C@@H]2CCN(C(C)(C)C)C2)C1. The molecule has 0 aliphatic carbocycles. The van der Waals surface area contributed by atoms with Crippen molar-refractivity contribution in [3.8, 4) is 0 Å². The van der Waals surface area contributed by atoms with Crippen LogP contribution in [0.5, 0.6) is 0 Å². The third-order valence-electron chi connectivity index (χ3n) is 6.78. The molecule has 0 amide bonds. The molecule has 0 spiro atoms. The van der Waals surface area contributed by atoms with E-state index in [1.165, 1.54) is 51.9 Å². The largest absolute Gasteiger partial charge is 0.308 e. The summed E-state index contributed by atoms with van der Waals surface area (Å²) in [5.41, 5.74) is 0.952. The highest BCUT2D eigenvalue weighted by Crippen LogP contribution is 2.30. The monoisotopic (exact) mass is 394 g/mol. The molecular weight excluding hydrogens is 344 g/mol. The Labute approximate surface area is 176 Å². The van der Waals surface area contributed by atoms with Gasteiger partial charge in [0.1, 0.15) is 0 Å². The van der Waals surface area contributed by atoms with Crippen molar-refractivity contribution in [1.29, 1.82) is 0 Å². The average molecular weight is 395 g/mol. The number of rotatable bonds is 7. The highest BCUT2D eigenvalue weighted by molar-refractivity contribution is 4.96. The van der Waals surface area contributed by atoms with Crippen molar-refractivity contribution in [1.82, 2.24) is 20.4 Å². The van der Waals surface area contributed by atoms with Gasteiger partial charge in [-0.05, 0) is 94.9 Å². The minimum Gasteiger partial charge on any atom is -0.308 e. The van der Waals surface area contributed by atoms with Crippen molar-refractivity contribution in [3.63, 3.8) is 0 Å². The van der Waals surface area contributed by atoms with E-state index in [1.54, 1.807) is 0 Å². The smallest absolute Gasteiger partial charge is 0.0212 e. The number of nitrogens with one attached hydrogen (secondary N) is 2. The van der Waals surface area contributed by atoms with Crippen LogP contribution in [-0.4, -0.2) is 70.2 Å².